The fourth-order valence-electron chi connectivity index (χ4n) is 6.64. The molecule has 2 aliphatic heterocycles. The third-order valence-corrected chi connectivity index (χ3v) is 8.22. The average Bonchev–Trinajstić information content (AvgIpc) is 3.40. The number of hydrogen-bond donors (Lipinski definition) is 1. The molecule has 3 heterocycles. The topological polar surface area (TPSA) is 81.0 Å². The smallest absolute Gasteiger partial charge is 0.323 e. The van der Waals surface area contributed by atoms with E-state index < -0.39 is 6.04 Å². The molecule has 1 aromatic heterocycles. The lowest BCUT2D eigenvalue weighted by Crippen LogP contribution is -2.45. The van der Waals surface area contributed by atoms with E-state index in [1.54, 1.807) is 7.11 Å². The van der Waals surface area contributed by atoms with Crippen LogP contribution in [0.25, 0.3) is 11.1 Å². The second kappa shape index (κ2) is 9.55. The van der Waals surface area contributed by atoms with Crippen molar-refractivity contribution in [2.45, 2.75) is 50.7 Å². The second-order valence-electron chi connectivity index (χ2n) is 9.91. The van der Waals surface area contributed by atoms with Crippen LogP contribution in [0.2, 0.25) is 0 Å². The molecule has 34 heavy (non-hydrogen) atoms. The molecule has 0 bridgehead atoms. The van der Waals surface area contributed by atoms with Gasteiger partial charge in [-0.3, -0.25) is 14.5 Å². The number of likely N-dealkylation sites (tertiary alicyclic amines) is 1. The first-order valence-corrected chi connectivity index (χ1v) is 12.4. The molecule has 1 saturated carbocycles. The third-order valence-electron chi connectivity index (χ3n) is 8.22. The van der Waals surface area contributed by atoms with Gasteiger partial charge >= 0.3 is 5.97 Å². The molecule has 7 heteroatoms. The van der Waals surface area contributed by atoms with Crippen LogP contribution in [0.1, 0.15) is 43.8 Å². The van der Waals surface area contributed by atoms with E-state index in [1.165, 1.54) is 26.4 Å². The van der Waals surface area contributed by atoms with Crippen molar-refractivity contribution in [3.05, 3.63) is 52.4 Å². The number of para-hydroxylation sites is 1. The van der Waals surface area contributed by atoms with Crippen molar-refractivity contribution in [1.82, 2.24) is 9.47 Å². The highest BCUT2D eigenvalue weighted by atomic mass is 16.5. The zero-order valence-electron chi connectivity index (χ0n) is 20.0. The van der Waals surface area contributed by atoms with Gasteiger partial charge < -0.3 is 19.1 Å². The highest BCUT2D eigenvalue weighted by molar-refractivity contribution is 5.77. The molecular weight excluding hydrogens is 432 g/mol. The van der Waals surface area contributed by atoms with Crippen molar-refractivity contribution in [2.75, 3.05) is 27.4 Å². The molecule has 0 spiro atoms. The summed E-state index contributed by atoms with van der Waals surface area (Å²) in [5.41, 5.74) is 2.24. The molecule has 5 rings (SSSR count). The van der Waals surface area contributed by atoms with Crippen LogP contribution in [0.4, 0.5) is 0 Å². The van der Waals surface area contributed by atoms with Crippen LogP contribution >= 0.6 is 0 Å². The summed E-state index contributed by atoms with van der Waals surface area (Å²) in [6, 6.07) is 10.9. The Hall–Kier alpha value is -2.64. The van der Waals surface area contributed by atoms with E-state index in [2.05, 4.69) is 4.90 Å². The lowest BCUT2D eigenvalue weighted by molar-refractivity contribution is -0.148. The second-order valence-corrected chi connectivity index (χ2v) is 9.91. The molecule has 7 nitrogen and oxygen atoms in total. The van der Waals surface area contributed by atoms with E-state index in [0.717, 1.165) is 30.6 Å². The standard InChI is InChI=1S/C27H34N2O5/c1-33-23-11-7-6-10-18(23)19-12-13-22-24-20(15-28(22)26(19)31)21(16-30)25(27(32)34-2)29(24)14-17-8-4-3-5-9-17/h6-7,10-13,17,20-21,24-25,30H,3-5,8-9,14-16H2,1-2H3/t20-,21-,24+,25-/m0/s1. The van der Waals surface area contributed by atoms with Gasteiger partial charge in [0.2, 0.25) is 0 Å². The number of aromatic nitrogens is 1. The van der Waals surface area contributed by atoms with Crippen LogP contribution in [0, 0.1) is 17.8 Å². The number of aliphatic hydroxyl groups excluding tert-OH is 1. The molecule has 1 aromatic carbocycles. The monoisotopic (exact) mass is 466 g/mol. The van der Waals surface area contributed by atoms with Crippen molar-refractivity contribution < 1.29 is 19.4 Å². The summed E-state index contributed by atoms with van der Waals surface area (Å²) in [5, 5.41) is 10.4. The summed E-state index contributed by atoms with van der Waals surface area (Å²) in [5.74, 6) is 0.612. The Morgan fingerprint density at radius 2 is 1.82 bits per heavy atom. The highest BCUT2D eigenvalue weighted by Crippen LogP contribution is 2.50. The number of nitrogens with zero attached hydrogens (tertiary/aromatic N) is 2. The van der Waals surface area contributed by atoms with Gasteiger partial charge in [0, 0.05) is 42.8 Å². The maximum absolute atomic E-state index is 13.7. The molecule has 1 aliphatic carbocycles. The number of carbonyl (C=O) groups excluding carboxylic acids is 1. The van der Waals surface area contributed by atoms with Crippen LogP contribution in [-0.2, 0) is 16.1 Å². The summed E-state index contributed by atoms with van der Waals surface area (Å²) in [4.78, 5) is 28.8. The zero-order valence-corrected chi connectivity index (χ0v) is 20.0. The summed E-state index contributed by atoms with van der Waals surface area (Å²) in [6.45, 7) is 1.17. The van der Waals surface area contributed by atoms with Gasteiger partial charge in [-0.05, 0) is 37.0 Å². The molecule has 182 valence electrons. The lowest BCUT2D eigenvalue weighted by atomic mass is 9.88. The minimum atomic E-state index is -0.482. The van der Waals surface area contributed by atoms with Crippen LogP contribution in [0.15, 0.2) is 41.2 Å². The first-order chi connectivity index (χ1) is 16.6. The summed E-state index contributed by atoms with van der Waals surface area (Å²) >= 11 is 0. The normalized spacial score (nSPS) is 26.8. The van der Waals surface area contributed by atoms with Crippen molar-refractivity contribution in [3.8, 4) is 16.9 Å². The Morgan fingerprint density at radius 1 is 1.06 bits per heavy atom. The molecule has 2 aromatic rings. The number of fused-ring (bicyclic) bond motifs is 3. The van der Waals surface area contributed by atoms with E-state index >= 15 is 0 Å². The minimum Gasteiger partial charge on any atom is -0.496 e. The number of esters is 1. The number of pyridine rings is 1. The Labute approximate surface area is 200 Å². The largest absolute Gasteiger partial charge is 0.496 e. The zero-order chi connectivity index (χ0) is 23.8. The Bertz CT molecular complexity index is 1110. The quantitative estimate of drug-likeness (QED) is 0.659. The molecule has 0 amide bonds. The SMILES string of the molecule is COC(=O)[C@@H]1[C@@H](CO)[C@@H]2Cn3c(ccc(-c4ccccc4OC)c3=O)[C@@H]2N1CC1CCCCC1. The van der Waals surface area contributed by atoms with E-state index in [4.69, 9.17) is 9.47 Å². The molecule has 1 saturated heterocycles. The van der Waals surface area contributed by atoms with Crippen molar-refractivity contribution >= 4 is 5.97 Å². The Kier molecular flexibility index (Phi) is 6.49. The molecule has 0 radical (unpaired) electrons. The average molecular weight is 467 g/mol. The maximum Gasteiger partial charge on any atom is 0.323 e. The number of aliphatic hydroxyl groups is 1. The summed E-state index contributed by atoms with van der Waals surface area (Å²) in [7, 11) is 3.03. The van der Waals surface area contributed by atoms with E-state index in [0.29, 0.717) is 23.8 Å². The Balaban J connectivity index is 1.56. The van der Waals surface area contributed by atoms with Crippen LogP contribution in [-0.4, -0.2) is 54.0 Å². The van der Waals surface area contributed by atoms with Gasteiger partial charge in [0.05, 0.1) is 25.8 Å². The van der Waals surface area contributed by atoms with Crippen LogP contribution < -0.4 is 10.3 Å². The van der Waals surface area contributed by atoms with Gasteiger partial charge in [-0.2, -0.15) is 0 Å². The number of rotatable bonds is 6. The fraction of sp³-hybridized carbons (Fsp3) is 0.556. The first kappa shape index (κ1) is 23.1. The maximum atomic E-state index is 13.7. The molecular formula is C27H34N2O5. The van der Waals surface area contributed by atoms with Crippen LogP contribution in [0.3, 0.4) is 0 Å². The molecule has 4 atom stereocenters. The molecule has 3 aliphatic rings. The molecule has 1 N–H and O–H groups in total. The van der Waals surface area contributed by atoms with Crippen molar-refractivity contribution in [2.24, 2.45) is 17.8 Å². The van der Waals surface area contributed by atoms with E-state index in [-0.39, 0.29) is 36.0 Å². The predicted octanol–water partition coefficient (Wildman–Crippen LogP) is 3.24. The lowest BCUT2D eigenvalue weighted by Gasteiger charge is -2.34. The van der Waals surface area contributed by atoms with Crippen LogP contribution in [0.5, 0.6) is 5.75 Å². The number of methoxy groups -OCH3 is 2. The molecule has 2 fully saturated rings. The van der Waals surface area contributed by atoms with Gasteiger partial charge in [0.1, 0.15) is 11.8 Å². The fourth-order valence-corrected chi connectivity index (χ4v) is 6.64. The number of hydrogen-bond acceptors (Lipinski definition) is 6. The number of carbonyl (C=O) groups is 1. The number of ether oxygens (including phenoxy) is 2. The van der Waals surface area contributed by atoms with Gasteiger partial charge in [0.15, 0.2) is 0 Å². The van der Waals surface area contributed by atoms with Gasteiger partial charge in [0.25, 0.3) is 5.56 Å². The van der Waals surface area contributed by atoms with E-state index in [9.17, 15) is 14.7 Å². The Morgan fingerprint density at radius 3 is 2.53 bits per heavy atom. The number of benzene rings is 1. The third kappa shape index (κ3) is 3.75. The van der Waals surface area contributed by atoms with Crippen molar-refractivity contribution in [1.29, 1.82) is 0 Å². The minimum absolute atomic E-state index is 0.0155. The van der Waals surface area contributed by atoms with Gasteiger partial charge in [-0.15, -0.1) is 0 Å². The summed E-state index contributed by atoms with van der Waals surface area (Å²) < 4.78 is 12.5. The highest BCUT2D eigenvalue weighted by Gasteiger charge is 2.56. The first-order valence-electron chi connectivity index (χ1n) is 12.4. The molecule has 0 unspecified atom stereocenters. The van der Waals surface area contributed by atoms with Gasteiger partial charge in [-0.1, -0.05) is 37.5 Å². The van der Waals surface area contributed by atoms with Crippen molar-refractivity contribution in [3.63, 3.8) is 0 Å². The summed E-state index contributed by atoms with van der Waals surface area (Å²) in [6.07, 6.45) is 6.02. The van der Waals surface area contributed by atoms with E-state index in [1.807, 2.05) is 41.0 Å². The predicted molar refractivity (Wildman–Crippen MR) is 129 cm³/mol. The van der Waals surface area contributed by atoms with Gasteiger partial charge in [-0.25, -0.2) is 0 Å².